The summed E-state index contributed by atoms with van der Waals surface area (Å²) >= 11 is 0. The van der Waals surface area contributed by atoms with Crippen molar-refractivity contribution in [2.45, 2.75) is 6.61 Å². The number of carboxylic acids is 1. The van der Waals surface area contributed by atoms with Crippen LogP contribution in [0.25, 0.3) is 0 Å². The number of hydrogen-bond acceptors (Lipinski definition) is 3. The van der Waals surface area contributed by atoms with Crippen LogP contribution in [0.4, 0.5) is 8.78 Å². The fourth-order valence-corrected chi connectivity index (χ4v) is 1.31. The van der Waals surface area contributed by atoms with Gasteiger partial charge < -0.3 is 14.3 Å². The maximum Gasteiger partial charge on any atom is 0.371 e. The summed E-state index contributed by atoms with van der Waals surface area (Å²) in [6.07, 6.45) is 0. The number of rotatable bonds is 4. The van der Waals surface area contributed by atoms with E-state index in [0.29, 0.717) is 0 Å². The van der Waals surface area contributed by atoms with Gasteiger partial charge in [0, 0.05) is 6.07 Å². The van der Waals surface area contributed by atoms with Crippen molar-refractivity contribution in [1.29, 1.82) is 0 Å². The lowest BCUT2D eigenvalue weighted by molar-refractivity contribution is 0.0658. The van der Waals surface area contributed by atoms with Gasteiger partial charge in [0.15, 0.2) is 11.6 Å². The van der Waals surface area contributed by atoms with Crippen LogP contribution in [-0.2, 0) is 6.61 Å². The molecule has 4 nitrogen and oxygen atoms in total. The van der Waals surface area contributed by atoms with E-state index in [2.05, 4.69) is 0 Å². The van der Waals surface area contributed by atoms with Crippen molar-refractivity contribution in [3.8, 4) is 5.75 Å². The van der Waals surface area contributed by atoms with Gasteiger partial charge in [-0.05, 0) is 24.3 Å². The molecule has 0 aliphatic carbocycles. The fraction of sp³-hybridized carbons (Fsp3) is 0.0833. The lowest BCUT2D eigenvalue weighted by atomic mass is 10.3. The van der Waals surface area contributed by atoms with E-state index in [1.54, 1.807) is 0 Å². The van der Waals surface area contributed by atoms with Crippen molar-refractivity contribution in [3.05, 3.63) is 53.5 Å². The summed E-state index contributed by atoms with van der Waals surface area (Å²) in [7, 11) is 0. The smallest absolute Gasteiger partial charge is 0.371 e. The maximum atomic E-state index is 13.2. The van der Waals surface area contributed by atoms with E-state index in [1.807, 2.05) is 0 Å². The Bertz CT molecular complexity index is 577. The van der Waals surface area contributed by atoms with Crippen molar-refractivity contribution >= 4 is 5.97 Å². The van der Waals surface area contributed by atoms with Crippen molar-refractivity contribution in [3.63, 3.8) is 0 Å². The number of hydrogen-bond donors (Lipinski definition) is 1. The normalized spacial score (nSPS) is 10.3. The molecule has 2 aromatic rings. The van der Waals surface area contributed by atoms with Gasteiger partial charge >= 0.3 is 5.97 Å². The molecule has 0 unspecified atom stereocenters. The molecular formula is C12H8F2O4. The van der Waals surface area contributed by atoms with Gasteiger partial charge in [0.2, 0.25) is 5.76 Å². The second kappa shape index (κ2) is 4.87. The van der Waals surface area contributed by atoms with E-state index in [1.165, 1.54) is 12.1 Å². The number of furan rings is 1. The summed E-state index contributed by atoms with van der Waals surface area (Å²) in [5, 5.41) is 8.62. The monoisotopic (exact) mass is 254 g/mol. The Morgan fingerprint density at radius 1 is 1.28 bits per heavy atom. The number of halogens is 2. The predicted octanol–water partition coefficient (Wildman–Crippen LogP) is 2.84. The maximum absolute atomic E-state index is 13.2. The molecule has 1 heterocycles. The molecule has 0 amide bonds. The summed E-state index contributed by atoms with van der Waals surface area (Å²) in [5.74, 6) is -2.84. The second-order valence-electron chi connectivity index (χ2n) is 3.43. The highest BCUT2D eigenvalue weighted by Crippen LogP contribution is 2.20. The molecule has 0 aliphatic heterocycles. The second-order valence-corrected chi connectivity index (χ2v) is 3.43. The highest BCUT2D eigenvalue weighted by atomic mass is 19.1. The van der Waals surface area contributed by atoms with E-state index in [4.69, 9.17) is 14.3 Å². The number of carbonyl (C=O) groups is 1. The molecule has 0 spiro atoms. The first kappa shape index (κ1) is 12.1. The Morgan fingerprint density at radius 2 is 2.06 bits per heavy atom. The zero-order valence-electron chi connectivity index (χ0n) is 9.02. The summed E-state index contributed by atoms with van der Waals surface area (Å²) in [6.45, 7) is -0.187. The van der Waals surface area contributed by atoms with Crippen molar-refractivity contribution < 1.29 is 27.8 Å². The summed E-state index contributed by atoms with van der Waals surface area (Å²) in [4.78, 5) is 10.5. The Labute approximate surface area is 100 Å². The van der Waals surface area contributed by atoms with Crippen LogP contribution in [0.5, 0.6) is 5.75 Å². The lowest BCUT2D eigenvalue weighted by Crippen LogP contribution is -1.97. The summed E-state index contributed by atoms with van der Waals surface area (Å²) in [6, 6.07) is 5.45. The summed E-state index contributed by atoms with van der Waals surface area (Å²) < 4.78 is 35.9. The third kappa shape index (κ3) is 2.65. The van der Waals surface area contributed by atoms with Gasteiger partial charge in [-0.2, -0.15) is 0 Å². The van der Waals surface area contributed by atoms with E-state index in [0.717, 1.165) is 18.2 Å². The Hall–Kier alpha value is -2.37. The predicted molar refractivity (Wildman–Crippen MR) is 56.4 cm³/mol. The van der Waals surface area contributed by atoms with Crippen LogP contribution < -0.4 is 4.74 Å². The number of carboxylic acid groups (broad SMARTS) is 1. The first-order valence-corrected chi connectivity index (χ1v) is 4.96. The molecular weight excluding hydrogens is 246 g/mol. The minimum atomic E-state index is -1.21. The molecule has 6 heteroatoms. The Morgan fingerprint density at radius 3 is 2.72 bits per heavy atom. The van der Waals surface area contributed by atoms with Gasteiger partial charge in [-0.1, -0.05) is 0 Å². The molecule has 0 aliphatic rings. The minimum Gasteiger partial charge on any atom is -0.482 e. The number of aromatic carboxylic acids is 1. The van der Waals surface area contributed by atoms with Crippen LogP contribution in [0.15, 0.2) is 34.7 Å². The van der Waals surface area contributed by atoms with Gasteiger partial charge in [-0.3, -0.25) is 0 Å². The number of ether oxygens (including phenoxy) is 1. The molecule has 0 fully saturated rings. The van der Waals surface area contributed by atoms with Crippen LogP contribution in [0, 0.1) is 11.6 Å². The van der Waals surface area contributed by atoms with Gasteiger partial charge in [0.25, 0.3) is 0 Å². The quantitative estimate of drug-likeness (QED) is 0.911. The van der Waals surface area contributed by atoms with Crippen LogP contribution >= 0.6 is 0 Å². The van der Waals surface area contributed by atoms with Crippen LogP contribution in [-0.4, -0.2) is 11.1 Å². The van der Waals surface area contributed by atoms with Crippen molar-refractivity contribution in [2.75, 3.05) is 0 Å². The highest BCUT2D eigenvalue weighted by Gasteiger charge is 2.10. The number of benzene rings is 1. The third-order valence-corrected chi connectivity index (χ3v) is 2.14. The first-order valence-electron chi connectivity index (χ1n) is 4.96. The highest BCUT2D eigenvalue weighted by molar-refractivity contribution is 5.84. The average molecular weight is 254 g/mol. The molecule has 0 saturated carbocycles. The van der Waals surface area contributed by atoms with Crippen LogP contribution in [0.3, 0.4) is 0 Å². The molecule has 0 atom stereocenters. The first-order chi connectivity index (χ1) is 8.56. The molecule has 1 N–H and O–H groups in total. The third-order valence-electron chi connectivity index (χ3n) is 2.14. The molecule has 0 radical (unpaired) electrons. The van der Waals surface area contributed by atoms with E-state index < -0.39 is 17.6 Å². The van der Waals surface area contributed by atoms with E-state index >= 15 is 0 Å². The zero-order valence-corrected chi connectivity index (χ0v) is 9.02. The van der Waals surface area contributed by atoms with Gasteiger partial charge in [0.05, 0.1) is 0 Å². The fourth-order valence-electron chi connectivity index (χ4n) is 1.31. The van der Waals surface area contributed by atoms with E-state index in [9.17, 15) is 13.6 Å². The topological polar surface area (TPSA) is 59.7 Å². The molecule has 18 heavy (non-hydrogen) atoms. The molecule has 94 valence electrons. The SMILES string of the molecule is O=C(O)c1ccc(COc2cc(F)ccc2F)o1. The zero-order chi connectivity index (χ0) is 13.1. The largest absolute Gasteiger partial charge is 0.482 e. The van der Waals surface area contributed by atoms with Crippen molar-refractivity contribution in [2.24, 2.45) is 0 Å². The van der Waals surface area contributed by atoms with Gasteiger partial charge in [-0.15, -0.1) is 0 Å². The molecule has 0 bridgehead atoms. The molecule has 1 aromatic heterocycles. The van der Waals surface area contributed by atoms with E-state index in [-0.39, 0.29) is 23.9 Å². The Balaban J connectivity index is 2.06. The molecule has 2 rings (SSSR count). The average Bonchev–Trinajstić information content (AvgIpc) is 2.79. The molecule has 1 aromatic carbocycles. The van der Waals surface area contributed by atoms with Gasteiger partial charge in [-0.25, -0.2) is 13.6 Å². The van der Waals surface area contributed by atoms with Crippen molar-refractivity contribution in [1.82, 2.24) is 0 Å². The molecule has 0 saturated heterocycles. The van der Waals surface area contributed by atoms with Gasteiger partial charge in [0.1, 0.15) is 18.2 Å². The van der Waals surface area contributed by atoms with Crippen LogP contribution in [0.2, 0.25) is 0 Å². The summed E-state index contributed by atoms with van der Waals surface area (Å²) in [5.41, 5.74) is 0. The standard InChI is InChI=1S/C12H8F2O4/c13-7-1-3-9(14)11(5-7)17-6-8-2-4-10(18-8)12(15)16/h1-5H,6H2,(H,15,16). The van der Waals surface area contributed by atoms with Crippen LogP contribution in [0.1, 0.15) is 16.3 Å². The Kier molecular flexibility index (Phi) is 3.27. The lowest BCUT2D eigenvalue weighted by Gasteiger charge is -2.05. The minimum absolute atomic E-state index is 0.187.